The molecule has 1 heterocycles. The van der Waals surface area contributed by atoms with E-state index >= 15 is 0 Å². The van der Waals surface area contributed by atoms with Crippen molar-refractivity contribution in [1.82, 2.24) is 0 Å². The van der Waals surface area contributed by atoms with Crippen molar-refractivity contribution in [1.29, 1.82) is 0 Å². The third kappa shape index (κ3) is 5.69. The monoisotopic (exact) mass is 396 g/mol. The predicted molar refractivity (Wildman–Crippen MR) is 115 cm³/mol. The van der Waals surface area contributed by atoms with Gasteiger partial charge in [0.2, 0.25) is 0 Å². The first kappa shape index (κ1) is 21.6. The van der Waals surface area contributed by atoms with Crippen molar-refractivity contribution < 1.29 is 18.9 Å². The summed E-state index contributed by atoms with van der Waals surface area (Å²) in [7, 11) is 1.67. The SMILES string of the molecule is C=C[C@@H](C)C1OCc2ccccc2COCC(OCc2ccc(OC)cc2)[C@H]1C. The summed E-state index contributed by atoms with van der Waals surface area (Å²) in [6, 6.07) is 16.3. The normalized spacial score (nSPS) is 23.6. The van der Waals surface area contributed by atoms with Gasteiger partial charge in [-0.3, -0.25) is 0 Å². The number of methoxy groups -OCH3 is 1. The van der Waals surface area contributed by atoms with Crippen LogP contribution in [-0.4, -0.2) is 25.9 Å². The van der Waals surface area contributed by atoms with E-state index in [0.29, 0.717) is 26.4 Å². The molecule has 1 aliphatic heterocycles. The van der Waals surface area contributed by atoms with Gasteiger partial charge >= 0.3 is 0 Å². The lowest BCUT2D eigenvalue weighted by molar-refractivity contribution is -0.112. The zero-order valence-corrected chi connectivity index (χ0v) is 17.7. The zero-order valence-electron chi connectivity index (χ0n) is 17.7. The van der Waals surface area contributed by atoms with Crippen LogP contribution in [0.4, 0.5) is 0 Å². The Kier molecular flexibility index (Phi) is 7.87. The van der Waals surface area contributed by atoms with Crippen molar-refractivity contribution in [2.45, 2.75) is 45.9 Å². The van der Waals surface area contributed by atoms with E-state index in [1.165, 1.54) is 11.1 Å². The molecule has 3 rings (SSSR count). The van der Waals surface area contributed by atoms with Crippen LogP contribution in [0.1, 0.15) is 30.5 Å². The number of hydrogen-bond acceptors (Lipinski definition) is 4. The molecule has 2 aromatic rings. The van der Waals surface area contributed by atoms with Crippen LogP contribution >= 0.6 is 0 Å². The van der Waals surface area contributed by atoms with E-state index in [9.17, 15) is 0 Å². The van der Waals surface area contributed by atoms with E-state index in [0.717, 1.165) is 11.3 Å². The Morgan fingerprint density at radius 3 is 2.45 bits per heavy atom. The molecule has 156 valence electrons. The van der Waals surface area contributed by atoms with Crippen molar-refractivity contribution in [3.8, 4) is 5.75 Å². The van der Waals surface area contributed by atoms with Gasteiger partial charge in [-0.1, -0.05) is 56.3 Å². The van der Waals surface area contributed by atoms with E-state index < -0.39 is 0 Å². The lowest BCUT2D eigenvalue weighted by Gasteiger charge is -2.35. The summed E-state index contributed by atoms with van der Waals surface area (Å²) in [4.78, 5) is 0. The summed E-state index contributed by atoms with van der Waals surface area (Å²) < 4.78 is 24.0. The highest BCUT2D eigenvalue weighted by Crippen LogP contribution is 2.27. The topological polar surface area (TPSA) is 36.9 Å². The molecular formula is C25H32O4. The molecule has 29 heavy (non-hydrogen) atoms. The first-order chi connectivity index (χ1) is 14.1. The Balaban J connectivity index is 1.74. The van der Waals surface area contributed by atoms with Crippen molar-refractivity contribution in [2.75, 3.05) is 13.7 Å². The molecule has 0 saturated heterocycles. The van der Waals surface area contributed by atoms with E-state index in [-0.39, 0.29) is 24.0 Å². The number of fused-ring (bicyclic) bond motifs is 1. The Morgan fingerprint density at radius 1 is 1.10 bits per heavy atom. The minimum absolute atomic E-state index is 0.00289. The van der Waals surface area contributed by atoms with Gasteiger partial charge in [0, 0.05) is 11.8 Å². The Hall–Kier alpha value is -2.14. The molecule has 0 bridgehead atoms. The van der Waals surface area contributed by atoms with Crippen LogP contribution in [-0.2, 0) is 34.0 Å². The van der Waals surface area contributed by atoms with Gasteiger partial charge in [0.05, 0.1) is 45.7 Å². The summed E-state index contributed by atoms with van der Waals surface area (Å²) in [6.07, 6.45) is 1.89. The maximum absolute atomic E-state index is 6.40. The predicted octanol–water partition coefficient (Wildman–Crippen LogP) is 5.15. The number of ether oxygens (including phenoxy) is 4. The molecule has 1 aliphatic rings. The molecule has 0 saturated carbocycles. The molecule has 2 aromatic carbocycles. The molecule has 0 N–H and O–H groups in total. The van der Waals surface area contributed by atoms with Crippen LogP contribution in [0.2, 0.25) is 0 Å². The fraction of sp³-hybridized carbons (Fsp3) is 0.440. The van der Waals surface area contributed by atoms with Crippen LogP contribution in [0.3, 0.4) is 0 Å². The van der Waals surface area contributed by atoms with Gasteiger partial charge in [0.1, 0.15) is 5.75 Å². The largest absolute Gasteiger partial charge is 0.497 e. The van der Waals surface area contributed by atoms with Gasteiger partial charge in [-0.05, 0) is 28.8 Å². The highest BCUT2D eigenvalue weighted by molar-refractivity contribution is 5.27. The fourth-order valence-corrected chi connectivity index (χ4v) is 3.71. The van der Waals surface area contributed by atoms with E-state index in [4.69, 9.17) is 18.9 Å². The number of benzene rings is 2. The third-order valence-electron chi connectivity index (χ3n) is 5.71. The standard InChI is InChI=1S/C25H32O4/c1-5-18(2)25-19(3)24(28-14-20-10-12-23(26-4)13-11-20)17-27-15-21-8-6-7-9-22(21)16-29-25/h5-13,18-19,24-25H,1,14-17H2,2-4H3/t18-,19-,24?,25?/m1/s1. The van der Waals surface area contributed by atoms with Crippen molar-refractivity contribution in [3.05, 3.63) is 77.9 Å². The average molecular weight is 397 g/mol. The molecule has 2 unspecified atom stereocenters. The number of hydrogen-bond donors (Lipinski definition) is 0. The molecule has 0 amide bonds. The Bertz CT molecular complexity index is 771. The second-order valence-electron chi connectivity index (χ2n) is 7.71. The van der Waals surface area contributed by atoms with Crippen molar-refractivity contribution in [3.63, 3.8) is 0 Å². The van der Waals surface area contributed by atoms with E-state index in [1.54, 1.807) is 7.11 Å². The third-order valence-corrected chi connectivity index (χ3v) is 5.71. The molecule has 0 aromatic heterocycles. The molecule has 4 nitrogen and oxygen atoms in total. The summed E-state index contributed by atoms with van der Waals surface area (Å²) in [5, 5.41) is 0. The maximum Gasteiger partial charge on any atom is 0.118 e. The van der Waals surface area contributed by atoms with Crippen molar-refractivity contribution >= 4 is 0 Å². The van der Waals surface area contributed by atoms with Crippen LogP contribution in [0.5, 0.6) is 5.75 Å². The molecule has 0 radical (unpaired) electrons. The van der Waals surface area contributed by atoms with Gasteiger partial charge in [-0.25, -0.2) is 0 Å². The molecular weight excluding hydrogens is 364 g/mol. The maximum atomic E-state index is 6.40. The smallest absolute Gasteiger partial charge is 0.118 e. The van der Waals surface area contributed by atoms with Gasteiger partial charge < -0.3 is 18.9 Å². The van der Waals surface area contributed by atoms with Crippen LogP contribution in [0.25, 0.3) is 0 Å². The van der Waals surface area contributed by atoms with E-state index in [1.807, 2.05) is 42.5 Å². The van der Waals surface area contributed by atoms with Crippen LogP contribution in [0, 0.1) is 11.8 Å². The van der Waals surface area contributed by atoms with Gasteiger partial charge in [-0.15, -0.1) is 6.58 Å². The first-order valence-corrected chi connectivity index (χ1v) is 10.3. The minimum atomic E-state index is -0.0743. The second-order valence-corrected chi connectivity index (χ2v) is 7.71. The number of rotatable bonds is 6. The molecule has 0 spiro atoms. The Morgan fingerprint density at radius 2 is 1.79 bits per heavy atom. The summed E-state index contributed by atoms with van der Waals surface area (Å²) in [6.45, 7) is 10.5. The average Bonchev–Trinajstić information content (AvgIpc) is 2.76. The first-order valence-electron chi connectivity index (χ1n) is 10.3. The molecule has 0 aliphatic carbocycles. The Labute approximate surface area is 174 Å². The van der Waals surface area contributed by atoms with Crippen molar-refractivity contribution in [2.24, 2.45) is 11.8 Å². The van der Waals surface area contributed by atoms with Crippen LogP contribution < -0.4 is 4.74 Å². The fourth-order valence-electron chi connectivity index (χ4n) is 3.71. The lowest BCUT2D eigenvalue weighted by Crippen LogP contribution is -2.40. The quantitative estimate of drug-likeness (QED) is 0.633. The summed E-state index contributed by atoms with van der Waals surface area (Å²) in [5.74, 6) is 1.21. The van der Waals surface area contributed by atoms with E-state index in [2.05, 4.69) is 32.6 Å². The van der Waals surface area contributed by atoms with Crippen LogP contribution in [0.15, 0.2) is 61.2 Å². The lowest BCUT2D eigenvalue weighted by atomic mass is 9.89. The zero-order chi connectivity index (χ0) is 20.6. The minimum Gasteiger partial charge on any atom is -0.497 e. The highest BCUT2D eigenvalue weighted by atomic mass is 16.5. The van der Waals surface area contributed by atoms with Gasteiger partial charge in [0.15, 0.2) is 0 Å². The molecule has 4 heteroatoms. The van der Waals surface area contributed by atoms with Gasteiger partial charge in [0.25, 0.3) is 0 Å². The second kappa shape index (κ2) is 10.6. The molecule has 0 fully saturated rings. The van der Waals surface area contributed by atoms with Gasteiger partial charge in [-0.2, -0.15) is 0 Å². The summed E-state index contributed by atoms with van der Waals surface area (Å²) in [5.41, 5.74) is 3.45. The molecule has 4 atom stereocenters. The highest BCUT2D eigenvalue weighted by Gasteiger charge is 2.31. The summed E-state index contributed by atoms with van der Waals surface area (Å²) >= 11 is 0.